The van der Waals surface area contributed by atoms with Gasteiger partial charge in [0.2, 0.25) is 0 Å². The van der Waals surface area contributed by atoms with E-state index in [1.54, 1.807) is 0 Å². The Morgan fingerprint density at radius 1 is 0.500 bits per heavy atom. The summed E-state index contributed by atoms with van der Waals surface area (Å²) in [4.78, 5) is 0. The zero-order valence-electron chi connectivity index (χ0n) is 6.99. The SMILES string of the molecule is FCC1(F)C(F)(F)C(F)(F)C(F)(F)C1(F)F. The molecule has 0 aromatic rings. The zero-order chi connectivity index (χ0) is 13.2. The lowest BCUT2D eigenvalue weighted by Crippen LogP contribution is -2.56. The first-order valence-electron chi connectivity index (χ1n) is 3.57. The van der Waals surface area contributed by atoms with Crippen molar-refractivity contribution >= 4 is 0 Å². The van der Waals surface area contributed by atoms with E-state index in [4.69, 9.17) is 0 Å². The molecule has 0 aliphatic heterocycles. The normalized spacial score (nSPS) is 32.6. The van der Waals surface area contributed by atoms with Crippen molar-refractivity contribution in [3.8, 4) is 0 Å². The molecule has 0 N–H and O–H groups in total. The lowest BCUT2D eigenvalue weighted by molar-refractivity contribution is -0.303. The van der Waals surface area contributed by atoms with E-state index in [2.05, 4.69) is 0 Å². The minimum atomic E-state index is -6.68. The molecule has 0 heterocycles. The van der Waals surface area contributed by atoms with E-state index in [1.165, 1.54) is 0 Å². The fraction of sp³-hybridized carbons (Fsp3) is 1.00. The van der Waals surface area contributed by atoms with Crippen molar-refractivity contribution in [1.82, 2.24) is 0 Å². The molecule has 1 aliphatic rings. The van der Waals surface area contributed by atoms with Crippen molar-refractivity contribution in [2.24, 2.45) is 0 Å². The summed E-state index contributed by atoms with van der Waals surface area (Å²) >= 11 is 0. The minimum Gasteiger partial charge on any atom is -0.247 e. The Bertz CT molecular complexity index is 278. The standard InChI is InChI=1S/C6H2F10/c7-1-2(8)3(9,10)5(13,14)6(15,16)4(2,11)12/h1H2. The Balaban J connectivity index is 3.58. The largest absolute Gasteiger partial charge is 0.382 e. The van der Waals surface area contributed by atoms with E-state index in [0.717, 1.165) is 0 Å². The van der Waals surface area contributed by atoms with Crippen LogP contribution in [0, 0.1) is 0 Å². The molecule has 1 rings (SSSR count). The molecule has 0 nitrogen and oxygen atoms in total. The Morgan fingerprint density at radius 2 is 0.750 bits per heavy atom. The van der Waals surface area contributed by atoms with Gasteiger partial charge in [-0.05, 0) is 0 Å². The number of hydrogen-bond acceptors (Lipinski definition) is 0. The molecule has 0 atom stereocenters. The summed E-state index contributed by atoms with van der Waals surface area (Å²) in [6.45, 7) is -3.36. The molecule has 96 valence electrons. The maximum absolute atomic E-state index is 12.8. The van der Waals surface area contributed by atoms with Crippen molar-refractivity contribution in [3.05, 3.63) is 0 Å². The molecule has 1 fully saturated rings. The molecular formula is C6H2F10. The summed E-state index contributed by atoms with van der Waals surface area (Å²) in [5, 5.41) is 0. The van der Waals surface area contributed by atoms with Crippen LogP contribution >= 0.6 is 0 Å². The number of alkyl halides is 10. The Hall–Kier alpha value is -0.700. The first-order chi connectivity index (χ1) is 6.81. The molecule has 0 aromatic carbocycles. The predicted octanol–water partition coefficient (Wildman–Crippen LogP) is 3.22. The van der Waals surface area contributed by atoms with Gasteiger partial charge in [0, 0.05) is 0 Å². The predicted molar refractivity (Wildman–Crippen MR) is 29.6 cm³/mol. The third-order valence-corrected chi connectivity index (χ3v) is 2.36. The van der Waals surface area contributed by atoms with E-state index >= 15 is 0 Å². The van der Waals surface area contributed by atoms with Gasteiger partial charge in [-0.15, -0.1) is 0 Å². The lowest BCUT2D eigenvalue weighted by atomic mass is 9.99. The van der Waals surface area contributed by atoms with Crippen molar-refractivity contribution in [1.29, 1.82) is 0 Å². The monoisotopic (exact) mass is 264 g/mol. The summed E-state index contributed by atoms with van der Waals surface area (Å²) in [7, 11) is 0. The maximum Gasteiger partial charge on any atom is 0.382 e. The summed E-state index contributed by atoms with van der Waals surface area (Å²) < 4.78 is 123. The molecule has 0 aromatic heterocycles. The molecule has 1 aliphatic carbocycles. The average Bonchev–Trinajstić information content (AvgIpc) is 2.18. The van der Waals surface area contributed by atoms with E-state index in [0.29, 0.717) is 0 Å². The fourth-order valence-corrected chi connectivity index (χ4v) is 1.26. The van der Waals surface area contributed by atoms with Crippen LogP contribution in [-0.4, -0.2) is 36.0 Å². The van der Waals surface area contributed by atoms with Gasteiger partial charge in [-0.3, -0.25) is 0 Å². The van der Waals surface area contributed by atoms with Crippen molar-refractivity contribution in [3.63, 3.8) is 0 Å². The first-order valence-corrected chi connectivity index (χ1v) is 3.57. The molecule has 0 amide bonds. The second-order valence-electron chi connectivity index (χ2n) is 3.23. The van der Waals surface area contributed by atoms with Crippen molar-refractivity contribution in [2.45, 2.75) is 29.4 Å². The Morgan fingerprint density at radius 3 is 0.875 bits per heavy atom. The molecule has 10 heteroatoms. The number of rotatable bonds is 1. The van der Waals surface area contributed by atoms with Crippen LogP contribution in [-0.2, 0) is 0 Å². The van der Waals surface area contributed by atoms with Gasteiger partial charge in [-0.25, -0.2) is 8.78 Å². The van der Waals surface area contributed by atoms with Crippen LogP contribution < -0.4 is 0 Å². The van der Waals surface area contributed by atoms with Crippen LogP contribution in [0.3, 0.4) is 0 Å². The quantitative estimate of drug-likeness (QED) is 0.638. The van der Waals surface area contributed by atoms with Gasteiger partial charge < -0.3 is 0 Å². The third-order valence-electron chi connectivity index (χ3n) is 2.36. The molecule has 16 heavy (non-hydrogen) atoms. The van der Waals surface area contributed by atoms with Gasteiger partial charge in [-0.2, -0.15) is 35.1 Å². The highest BCUT2D eigenvalue weighted by Crippen LogP contribution is 2.68. The highest BCUT2D eigenvalue weighted by atomic mass is 19.4. The highest BCUT2D eigenvalue weighted by molar-refractivity contribution is 5.26. The second-order valence-corrected chi connectivity index (χ2v) is 3.23. The smallest absolute Gasteiger partial charge is 0.247 e. The van der Waals surface area contributed by atoms with Crippen LogP contribution in [0.15, 0.2) is 0 Å². The van der Waals surface area contributed by atoms with Gasteiger partial charge in [-0.1, -0.05) is 0 Å². The third kappa shape index (κ3) is 0.899. The second kappa shape index (κ2) is 2.76. The Kier molecular flexibility index (Phi) is 2.30. The van der Waals surface area contributed by atoms with E-state index in [1.807, 2.05) is 0 Å². The van der Waals surface area contributed by atoms with Gasteiger partial charge in [0.25, 0.3) is 5.67 Å². The van der Waals surface area contributed by atoms with Crippen LogP contribution in [0.5, 0.6) is 0 Å². The topological polar surface area (TPSA) is 0 Å². The van der Waals surface area contributed by atoms with Gasteiger partial charge >= 0.3 is 23.7 Å². The zero-order valence-corrected chi connectivity index (χ0v) is 6.99. The summed E-state index contributed by atoms with van der Waals surface area (Å²) in [6, 6.07) is 0. The van der Waals surface area contributed by atoms with Crippen LogP contribution in [0.4, 0.5) is 43.9 Å². The first kappa shape index (κ1) is 13.4. The lowest BCUT2D eigenvalue weighted by Gasteiger charge is -2.27. The van der Waals surface area contributed by atoms with Crippen molar-refractivity contribution < 1.29 is 43.9 Å². The van der Waals surface area contributed by atoms with E-state index < -0.39 is 36.0 Å². The Labute approximate surface area is 81.2 Å². The minimum absolute atomic E-state index is 3.36. The highest BCUT2D eigenvalue weighted by Gasteiger charge is 3.00. The number of halogens is 10. The van der Waals surface area contributed by atoms with E-state index in [9.17, 15) is 43.9 Å². The van der Waals surface area contributed by atoms with Crippen LogP contribution in [0.25, 0.3) is 0 Å². The summed E-state index contributed by atoms with van der Waals surface area (Å²) in [5.41, 5.74) is -5.94. The molecule has 0 saturated heterocycles. The van der Waals surface area contributed by atoms with Gasteiger partial charge in [0.05, 0.1) is 0 Å². The van der Waals surface area contributed by atoms with Crippen LogP contribution in [0.1, 0.15) is 0 Å². The molecule has 1 saturated carbocycles. The average molecular weight is 264 g/mol. The molecule has 0 unspecified atom stereocenters. The fourth-order valence-electron chi connectivity index (χ4n) is 1.26. The molecule has 0 spiro atoms. The number of hydrogen-bond donors (Lipinski definition) is 0. The maximum atomic E-state index is 12.8. The van der Waals surface area contributed by atoms with Gasteiger partial charge in [0.1, 0.15) is 6.67 Å². The molecular weight excluding hydrogens is 262 g/mol. The van der Waals surface area contributed by atoms with Crippen molar-refractivity contribution in [2.75, 3.05) is 6.67 Å². The van der Waals surface area contributed by atoms with E-state index in [-0.39, 0.29) is 0 Å². The van der Waals surface area contributed by atoms with Crippen LogP contribution in [0.2, 0.25) is 0 Å². The molecule has 0 radical (unpaired) electrons. The van der Waals surface area contributed by atoms with Gasteiger partial charge in [0.15, 0.2) is 0 Å². The molecule has 0 bridgehead atoms. The summed E-state index contributed by atoms with van der Waals surface area (Å²) in [5.74, 6) is -26.4. The summed E-state index contributed by atoms with van der Waals surface area (Å²) in [6.07, 6.45) is 0.